The zero-order chi connectivity index (χ0) is 19.4. The lowest BCUT2D eigenvalue weighted by Crippen LogP contribution is -2.24. The molecule has 142 valence electrons. The highest BCUT2D eigenvalue weighted by molar-refractivity contribution is 5.96. The summed E-state index contributed by atoms with van der Waals surface area (Å²) in [4.78, 5) is 23.4. The Kier molecular flexibility index (Phi) is 5.49. The molecule has 3 rings (SSSR count). The molecular weight excluding hydrogens is 346 g/mol. The van der Waals surface area contributed by atoms with Gasteiger partial charge in [-0.25, -0.2) is 4.79 Å². The first kappa shape index (κ1) is 18.6. The summed E-state index contributed by atoms with van der Waals surface area (Å²) in [5.41, 5.74) is 7.96. The number of fused-ring (bicyclic) bond motifs is 1. The Morgan fingerprint density at radius 1 is 1.30 bits per heavy atom. The molecule has 1 atom stereocenters. The van der Waals surface area contributed by atoms with E-state index in [0.717, 1.165) is 29.0 Å². The van der Waals surface area contributed by atoms with Gasteiger partial charge >= 0.3 is 6.03 Å². The molecule has 0 bridgehead atoms. The molecule has 2 aromatic rings. The Labute approximate surface area is 157 Å². The van der Waals surface area contributed by atoms with E-state index in [1.165, 1.54) is 0 Å². The van der Waals surface area contributed by atoms with E-state index in [1.807, 2.05) is 26.0 Å². The molecule has 0 spiro atoms. The minimum atomic E-state index is -0.679. The monoisotopic (exact) mass is 369 g/mol. The summed E-state index contributed by atoms with van der Waals surface area (Å²) in [6, 6.07) is 9.80. The van der Waals surface area contributed by atoms with Gasteiger partial charge in [0.15, 0.2) is 0 Å². The summed E-state index contributed by atoms with van der Waals surface area (Å²) >= 11 is 0. The normalized spacial score (nSPS) is 14.8. The lowest BCUT2D eigenvalue weighted by Gasteiger charge is -2.13. The largest absolute Gasteiger partial charge is 0.494 e. The van der Waals surface area contributed by atoms with E-state index in [9.17, 15) is 9.59 Å². The summed E-state index contributed by atoms with van der Waals surface area (Å²) < 4.78 is 11.5. The lowest BCUT2D eigenvalue weighted by atomic mass is 10.1. The Hall–Kier alpha value is -3.22. The number of rotatable bonds is 6. The molecule has 1 heterocycles. The zero-order valence-electron chi connectivity index (χ0n) is 15.4. The molecule has 0 aromatic heterocycles. The van der Waals surface area contributed by atoms with E-state index in [-0.39, 0.29) is 12.0 Å². The van der Waals surface area contributed by atoms with Gasteiger partial charge in [-0.05, 0) is 44.2 Å². The van der Waals surface area contributed by atoms with Crippen molar-refractivity contribution in [3.05, 3.63) is 53.1 Å². The van der Waals surface area contributed by atoms with Gasteiger partial charge in [-0.15, -0.1) is 0 Å². The maximum absolute atomic E-state index is 12.5. The Bertz CT molecular complexity index is 866. The number of nitrogens with two attached hydrogens (primary N) is 1. The molecule has 7 nitrogen and oxygen atoms in total. The fourth-order valence-corrected chi connectivity index (χ4v) is 3.07. The minimum Gasteiger partial charge on any atom is -0.494 e. The molecule has 27 heavy (non-hydrogen) atoms. The lowest BCUT2D eigenvalue weighted by molar-refractivity contribution is 0.0950. The number of amides is 3. The van der Waals surface area contributed by atoms with Crippen LogP contribution in [0.5, 0.6) is 11.5 Å². The third kappa shape index (κ3) is 4.49. The van der Waals surface area contributed by atoms with E-state index < -0.39 is 6.03 Å². The summed E-state index contributed by atoms with van der Waals surface area (Å²) in [6.45, 7) is 4.78. The number of carbonyl (C=O) groups excluding carboxylic acids is 2. The van der Waals surface area contributed by atoms with E-state index >= 15 is 0 Å². The van der Waals surface area contributed by atoms with E-state index in [4.69, 9.17) is 15.2 Å². The number of benzene rings is 2. The first-order valence-corrected chi connectivity index (χ1v) is 8.86. The maximum atomic E-state index is 12.5. The topological polar surface area (TPSA) is 103 Å². The summed E-state index contributed by atoms with van der Waals surface area (Å²) in [5, 5.41) is 5.33. The van der Waals surface area contributed by atoms with Crippen molar-refractivity contribution in [2.24, 2.45) is 5.73 Å². The molecule has 1 aliphatic rings. The quantitative estimate of drug-likeness (QED) is 0.728. The number of hydrogen-bond donors (Lipinski definition) is 3. The number of ether oxygens (including phenoxy) is 2. The van der Waals surface area contributed by atoms with Crippen LogP contribution in [0.4, 0.5) is 10.5 Å². The predicted molar refractivity (Wildman–Crippen MR) is 102 cm³/mol. The van der Waals surface area contributed by atoms with Gasteiger partial charge in [0.2, 0.25) is 0 Å². The molecule has 0 saturated carbocycles. The van der Waals surface area contributed by atoms with Gasteiger partial charge in [0.05, 0.1) is 6.61 Å². The van der Waals surface area contributed by atoms with Crippen molar-refractivity contribution in [2.75, 3.05) is 11.9 Å². The van der Waals surface area contributed by atoms with Crippen molar-refractivity contribution in [2.45, 2.75) is 32.9 Å². The molecule has 0 fully saturated rings. The smallest absolute Gasteiger partial charge is 0.316 e. The minimum absolute atomic E-state index is 0.139. The second-order valence-electron chi connectivity index (χ2n) is 6.39. The van der Waals surface area contributed by atoms with Crippen LogP contribution in [0.15, 0.2) is 36.4 Å². The number of carbonyl (C=O) groups is 2. The van der Waals surface area contributed by atoms with Crippen LogP contribution in [-0.4, -0.2) is 24.6 Å². The molecule has 0 radical (unpaired) electrons. The summed E-state index contributed by atoms with van der Waals surface area (Å²) in [7, 11) is 0. The van der Waals surface area contributed by atoms with Crippen LogP contribution < -0.4 is 25.8 Å². The maximum Gasteiger partial charge on any atom is 0.316 e. The van der Waals surface area contributed by atoms with Gasteiger partial charge in [0.25, 0.3) is 5.91 Å². The Balaban J connectivity index is 1.73. The number of primary amides is 1. The molecule has 4 N–H and O–H groups in total. The number of anilines is 1. The van der Waals surface area contributed by atoms with Crippen molar-refractivity contribution in [3.8, 4) is 11.5 Å². The van der Waals surface area contributed by atoms with E-state index in [2.05, 4.69) is 10.6 Å². The number of hydrogen-bond acceptors (Lipinski definition) is 4. The van der Waals surface area contributed by atoms with Gasteiger partial charge in [0, 0.05) is 35.3 Å². The number of nitrogens with one attached hydrogen (secondary N) is 2. The Morgan fingerprint density at radius 2 is 2.11 bits per heavy atom. The number of urea groups is 1. The standard InChI is InChI=1S/C20H23N3O4/c1-3-26-17-9-14-7-12(2)27-18(14)10-15(17)11-22-19(24)13-5-4-6-16(8-13)23-20(21)25/h4-6,8-10,12H,3,7,11H2,1-2H3,(H,22,24)(H3,21,23,25)/t12-/m0/s1. The molecule has 0 saturated heterocycles. The van der Waals surface area contributed by atoms with Crippen molar-refractivity contribution in [1.29, 1.82) is 0 Å². The molecule has 2 aromatic carbocycles. The van der Waals surface area contributed by atoms with Crippen molar-refractivity contribution in [1.82, 2.24) is 5.32 Å². The van der Waals surface area contributed by atoms with E-state index in [0.29, 0.717) is 24.4 Å². The van der Waals surface area contributed by atoms with Crippen LogP contribution in [0.1, 0.15) is 35.3 Å². The van der Waals surface area contributed by atoms with Gasteiger partial charge in [-0.1, -0.05) is 6.07 Å². The molecular formula is C20H23N3O4. The highest BCUT2D eigenvalue weighted by atomic mass is 16.5. The van der Waals surface area contributed by atoms with Crippen LogP contribution in [0.25, 0.3) is 0 Å². The third-order valence-electron chi connectivity index (χ3n) is 4.21. The third-order valence-corrected chi connectivity index (χ3v) is 4.21. The van der Waals surface area contributed by atoms with Gasteiger partial charge < -0.3 is 25.8 Å². The van der Waals surface area contributed by atoms with Crippen LogP contribution in [0.2, 0.25) is 0 Å². The van der Waals surface area contributed by atoms with E-state index in [1.54, 1.807) is 24.3 Å². The molecule has 1 aliphatic heterocycles. The van der Waals surface area contributed by atoms with Crippen LogP contribution >= 0.6 is 0 Å². The molecule has 7 heteroatoms. The highest BCUT2D eigenvalue weighted by Gasteiger charge is 2.22. The van der Waals surface area contributed by atoms with Gasteiger partial charge in [-0.2, -0.15) is 0 Å². The SMILES string of the molecule is CCOc1cc2c(cc1CNC(=O)c1cccc(NC(N)=O)c1)O[C@@H](C)C2. The van der Waals surface area contributed by atoms with Gasteiger partial charge in [-0.3, -0.25) is 4.79 Å². The fraction of sp³-hybridized carbons (Fsp3) is 0.300. The second-order valence-corrected chi connectivity index (χ2v) is 6.39. The Morgan fingerprint density at radius 3 is 2.85 bits per heavy atom. The van der Waals surface area contributed by atoms with Crippen molar-refractivity contribution in [3.63, 3.8) is 0 Å². The second kappa shape index (κ2) is 7.99. The summed E-state index contributed by atoms with van der Waals surface area (Å²) in [6.07, 6.45) is 0.988. The summed E-state index contributed by atoms with van der Waals surface area (Å²) in [5.74, 6) is 1.32. The first-order chi connectivity index (χ1) is 13.0. The predicted octanol–water partition coefficient (Wildman–Crippen LogP) is 2.83. The van der Waals surface area contributed by atoms with Crippen molar-refractivity contribution < 1.29 is 19.1 Å². The van der Waals surface area contributed by atoms with Crippen LogP contribution in [0.3, 0.4) is 0 Å². The van der Waals surface area contributed by atoms with Gasteiger partial charge in [0.1, 0.15) is 17.6 Å². The zero-order valence-corrected chi connectivity index (χ0v) is 15.4. The average molecular weight is 369 g/mol. The molecule has 0 unspecified atom stereocenters. The fourth-order valence-electron chi connectivity index (χ4n) is 3.07. The molecule has 0 aliphatic carbocycles. The molecule has 3 amide bonds. The highest BCUT2D eigenvalue weighted by Crippen LogP contribution is 2.35. The van der Waals surface area contributed by atoms with Crippen LogP contribution in [-0.2, 0) is 13.0 Å². The van der Waals surface area contributed by atoms with Crippen LogP contribution in [0, 0.1) is 0 Å². The first-order valence-electron chi connectivity index (χ1n) is 8.86. The van der Waals surface area contributed by atoms with Crippen molar-refractivity contribution >= 4 is 17.6 Å². The average Bonchev–Trinajstić information content (AvgIpc) is 2.98.